The van der Waals surface area contributed by atoms with Gasteiger partial charge in [-0.3, -0.25) is 0 Å². The van der Waals surface area contributed by atoms with Crippen molar-refractivity contribution >= 4 is 9.84 Å². The van der Waals surface area contributed by atoms with E-state index < -0.39 is 15.9 Å². The van der Waals surface area contributed by atoms with Crippen LogP contribution in [0.2, 0.25) is 0 Å². The highest BCUT2D eigenvalue weighted by Crippen LogP contribution is 2.13. The summed E-state index contributed by atoms with van der Waals surface area (Å²) in [4.78, 5) is 0. The first-order valence-electron chi connectivity index (χ1n) is 5.48. The molecule has 1 unspecified atom stereocenters. The molecule has 0 bridgehead atoms. The smallest absolute Gasteiger partial charge is 0.157 e. The third kappa shape index (κ3) is 4.85. The summed E-state index contributed by atoms with van der Waals surface area (Å²) in [5.41, 5.74) is 8.04. The summed E-state index contributed by atoms with van der Waals surface area (Å²) in [6.07, 6.45) is -0.981. The molecular weight excluding hydrogens is 238 g/mol. The molecule has 0 radical (unpaired) electrons. The molecule has 1 atom stereocenters. The van der Waals surface area contributed by atoms with Gasteiger partial charge >= 0.3 is 0 Å². The third-order valence-corrected chi connectivity index (χ3v) is 4.05. The van der Waals surface area contributed by atoms with Crippen molar-refractivity contribution < 1.29 is 13.5 Å². The lowest BCUT2D eigenvalue weighted by Crippen LogP contribution is -2.29. The first-order valence-corrected chi connectivity index (χ1v) is 7.30. The van der Waals surface area contributed by atoms with Gasteiger partial charge in [-0.1, -0.05) is 29.3 Å². The molecule has 17 heavy (non-hydrogen) atoms. The summed E-state index contributed by atoms with van der Waals surface area (Å²) in [5, 5.41) is 9.28. The van der Waals surface area contributed by atoms with Gasteiger partial charge < -0.3 is 10.8 Å². The zero-order valence-corrected chi connectivity index (χ0v) is 11.0. The Hall–Kier alpha value is -0.910. The lowest BCUT2D eigenvalue weighted by atomic mass is 10.1. The predicted molar refractivity (Wildman–Crippen MR) is 68.5 cm³/mol. The van der Waals surface area contributed by atoms with Crippen molar-refractivity contribution in [3.05, 3.63) is 34.9 Å². The van der Waals surface area contributed by atoms with Crippen LogP contribution < -0.4 is 5.73 Å². The maximum Gasteiger partial charge on any atom is 0.157 e. The molecule has 0 aromatic heterocycles. The van der Waals surface area contributed by atoms with Gasteiger partial charge in [-0.15, -0.1) is 0 Å². The van der Waals surface area contributed by atoms with Crippen molar-refractivity contribution in [2.75, 3.05) is 12.3 Å². The molecule has 1 aromatic rings. The number of hydrogen-bond donors (Lipinski definition) is 2. The van der Waals surface area contributed by atoms with Crippen LogP contribution in [0.25, 0.3) is 0 Å². The highest BCUT2D eigenvalue weighted by atomic mass is 32.2. The van der Waals surface area contributed by atoms with Crippen molar-refractivity contribution in [1.29, 1.82) is 0 Å². The Kier molecular flexibility index (Phi) is 4.68. The molecule has 4 nitrogen and oxygen atoms in total. The molecule has 96 valence electrons. The molecule has 5 heteroatoms. The first kappa shape index (κ1) is 14.2. The number of nitrogens with two attached hydrogens (primary N) is 1. The van der Waals surface area contributed by atoms with Crippen molar-refractivity contribution in [3.63, 3.8) is 0 Å². The average Bonchev–Trinajstić information content (AvgIpc) is 2.13. The van der Waals surface area contributed by atoms with Crippen LogP contribution in [-0.4, -0.2) is 31.9 Å². The standard InChI is InChI=1S/C12H19NO3S/c1-9-3-10(2)5-11(4-9)7-17(15,16)8-12(14)6-13/h3-5,12,14H,6-8,13H2,1-2H3. The van der Waals surface area contributed by atoms with E-state index in [1.807, 2.05) is 32.0 Å². The Morgan fingerprint density at radius 2 is 1.76 bits per heavy atom. The lowest BCUT2D eigenvalue weighted by molar-refractivity contribution is 0.205. The van der Waals surface area contributed by atoms with E-state index in [1.54, 1.807) is 0 Å². The average molecular weight is 257 g/mol. The molecule has 0 spiro atoms. The molecule has 0 aliphatic carbocycles. The molecule has 0 heterocycles. The number of aliphatic hydroxyl groups excluding tert-OH is 1. The number of sulfone groups is 1. The first-order chi connectivity index (χ1) is 7.82. The van der Waals surface area contributed by atoms with E-state index >= 15 is 0 Å². The molecule has 0 aliphatic rings. The van der Waals surface area contributed by atoms with Crippen LogP contribution in [0.4, 0.5) is 0 Å². The van der Waals surface area contributed by atoms with Gasteiger partial charge in [0.2, 0.25) is 0 Å². The second kappa shape index (κ2) is 5.62. The maximum absolute atomic E-state index is 11.8. The van der Waals surface area contributed by atoms with E-state index in [0.29, 0.717) is 0 Å². The Morgan fingerprint density at radius 1 is 1.24 bits per heavy atom. The SMILES string of the molecule is Cc1cc(C)cc(CS(=O)(=O)CC(O)CN)c1. The minimum absolute atomic E-state index is 0.0356. The van der Waals surface area contributed by atoms with E-state index in [1.165, 1.54) is 0 Å². The van der Waals surface area contributed by atoms with Crippen molar-refractivity contribution in [2.45, 2.75) is 25.7 Å². The second-order valence-corrected chi connectivity index (χ2v) is 6.55. The van der Waals surface area contributed by atoms with Crippen molar-refractivity contribution in [1.82, 2.24) is 0 Å². The monoisotopic (exact) mass is 257 g/mol. The number of rotatable bonds is 5. The summed E-state index contributed by atoms with van der Waals surface area (Å²) < 4.78 is 23.6. The Bertz CT molecular complexity index is 462. The fourth-order valence-electron chi connectivity index (χ4n) is 1.83. The maximum atomic E-state index is 11.8. The topological polar surface area (TPSA) is 80.4 Å². The van der Waals surface area contributed by atoms with E-state index in [4.69, 9.17) is 5.73 Å². The highest BCUT2D eigenvalue weighted by Gasteiger charge is 2.17. The molecule has 0 saturated carbocycles. The van der Waals surface area contributed by atoms with Crippen LogP contribution in [0, 0.1) is 13.8 Å². The van der Waals surface area contributed by atoms with Crippen LogP contribution in [0.3, 0.4) is 0 Å². The quantitative estimate of drug-likeness (QED) is 0.806. The van der Waals surface area contributed by atoms with Crippen molar-refractivity contribution in [2.24, 2.45) is 5.73 Å². The summed E-state index contributed by atoms with van der Waals surface area (Å²) in [5.74, 6) is -0.330. The molecule has 3 N–H and O–H groups in total. The highest BCUT2D eigenvalue weighted by molar-refractivity contribution is 7.90. The summed E-state index contributed by atoms with van der Waals surface area (Å²) in [7, 11) is -3.31. The van der Waals surface area contributed by atoms with Crippen molar-refractivity contribution in [3.8, 4) is 0 Å². The number of benzene rings is 1. The van der Waals surface area contributed by atoms with E-state index in [0.717, 1.165) is 16.7 Å². The van der Waals surface area contributed by atoms with E-state index in [2.05, 4.69) is 0 Å². The van der Waals surface area contributed by atoms with E-state index in [9.17, 15) is 13.5 Å². The third-order valence-electron chi connectivity index (χ3n) is 2.39. The Morgan fingerprint density at radius 3 is 2.24 bits per heavy atom. The summed E-state index contributed by atoms with van der Waals surface area (Å²) in [6.45, 7) is 3.82. The fraction of sp³-hybridized carbons (Fsp3) is 0.500. The van der Waals surface area contributed by atoms with Gasteiger partial charge in [-0.05, 0) is 19.4 Å². The van der Waals surface area contributed by atoms with Gasteiger partial charge in [-0.2, -0.15) is 0 Å². The minimum Gasteiger partial charge on any atom is -0.391 e. The van der Waals surface area contributed by atoms with Gasteiger partial charge in [0.05, 0.1) is 17.6 Å². The largest absolute Gasteiger partial charge is 0.391 e. The zero-order chi connectivity index (χ0) is 13.1. The summed E-state index contributed by atoms with van der Waals surface area (Å²) in [6, 6.07) is 5.68. The molecule has 1 aromatic carbocycles. The zero-order valence-electron chi connectivity index (χ0n) is 10.2. The number of aliphatic hydroxyl groups is 1. The molecular formula is C12H19NO3S. The van der Waals surface area contributed by atoms with Gasteiger partial charge in [0, 0.05) is 6.54 Å². The number of hydrogen-bond acceptors (Lipinski definition) is 4. The van der Waals surface area contributed by atoms with E-state index in [-0.39, 0.29) is 18.1 Å². The Balaban J connectivity index is 2.83. The van der Waals surface area contributed by atoms with Crippen LogP contribution in [-0.2, 0) is 15.6 Å². The van der Waals surface area contributed by atoms with Crippen LogP contribution in [0.1, 0.15) is 16.7 Å². The predicted octanol–water partition coefficient (Wildman–Crippen LogP) is 0.538. The van der Waals surface area contributed by atoms with Crippen LogP contribution in [0.15, 0.2) is 18.2 Å². The van der Waals surface area contributed by atoms with Gasteiger partial charge in [-0.25, -0.2) is 8.42 Å². The van der Waals surface area contributed by atoms with Crippen LogP contribution in [0.5, 0.6) is 0 Å². The van der Waals surface area contributed by atoms with Crippen LogP contribution >= 0.6 is 0 Å². The van der Waals surface area contributed by atoms with Gasteiger partial charge in [0.1, 0.15) is 0 Å². The van der Waals surface area contributed by atoms with Gasteiger partial charge in [0.15, 0.2) is 9.84 Å². The number of aryl methyl sites for hydroxylation is 2. The molecule has 0 aliphatic heterocycles. The molecule has 1 rings (SSSR count). The second-order valence-electron chi connectivity index (χ2n) is 4.44. The molecule has 0 amide bonds. The normalized spacial score (nSPS) is 13.6. The fourth-order valence-corrected chi connectivity index (χ4v) is 3.34. The van der Waals surface area contributed by atoms with Gasteiger partial charge in [0.25, 0.3) is 0 Å². The summed E-state index contributed by atoms with van der Waals surface area (Å²) >= 11 is 0. The minimum atomic E-state index is -3.31. The lowest BCUT2D eigenvalue weighted by Gasteiger charge is -2.10. The molecule has 0 fully saturated rings. The Labute approximate surface area is 102 Å². The molecule has 0 saturated heterocycles.